The summed E-state index contributed by atoms with van der Waals surface area (Å²) in [4.78, 5) is 26.4. The van der Waals surface area contributed by atoms with Crippen LogP contribution in [0.4, 0.5) is 0 Å². The van der Waals surface area contributed by atoms with Crippen molar-refractivity contribution in [2.45, 2.75) is 111 Å². The van der Waals surface area contributed by atoms with E-state index in [2.05, 4.69) is 34.6 Å². The summed E-state index contributed by atoms with van der Waals surface area (Å²) in [6.07, 6.45) is 13.1. The van der Waals surface area contributed by atoms with Gasteiger partial charge in [0.2, 0.25) is 0 Å². The number of ketones is 1. The molecule has 204 valence electrons. The molecule has 0 heterocycles. The van der Waals surface area contributed by atoms with E-state index in [0.29, 0.717) is 58.2 Å². The fourth-order valence-corrected chi connectivity index (χ4v) is 9.87. The lowest BCUT2D eigenvalue weighted by Crippen LogP contribution is -2.56. The van der Waals surface area contributed by atoms with Crippen molar-refractivity contribution in [1.82, 2.24) is 0 Å². The second-order valence-corrected chi connectivity index (χ2v) is 14.2. The van der Waals surface area contributed by atoms with E-state index in [-0.39, 0.29) is 17.5 Å². The van der Waals surface area contributed by atoms with Gasteiger partial charge in [-0.05, 0) is 110 Å². The topological polar surface area (TPSA) is 43.4 Å². The summed E-state index contributed by atoms with van der Waals surface area (Å²) in [5.41, 5.74) is 1.31. The van der Waals surface area contributed by atoms with Crippen molar-refractivity contribution in [2.75, 3.05) is 0 Å². The van der Waals surface area contributed by atoms with Gasteiger partial charge in [-0.2, -0.15) is 0 Å². The Morgan fingerprint density at radius 2 is 1.65 bits per heavy atom. The van der Waals surface area contributed by atoms with E-state index in [4.69, 9.17) is 4.74 Å². The lowest BCUT2D eigenvalue weighted by molar-refractivity contribution is -0.156. The van der Waals surface area contributed by atoms with E-state index in [1.54, 1.807) is 0 Å². The molecule has 0 aliphatic heterocycles. The minimum atomic E-state index is -0.205. The summed E-state index contributed by atoms with van der Waals surface area (Å²) >= 11 is 0. The van der Waals surface area contributed by atoms with Gasteiger partial charge >= 0.3 is 5.97 Å². The van der Waals surface area contributed by atoms with Gasteiger partial charge < -0.3 is 4.74 Å². The third kappa shape index (κ3) is 4.82. The molecule has 0 bridgehead atoms. The molecular formula is C34H50O3. The van der Waals surface area contributed by atoms with Crippen LogP contribution in [0.1, 0.15) is 116 Å². The summed E-state index contributed by atoms with van der Waals surface area (Å²) in [6, 6.07) is 9.37. The second-order valence-electron chi connectivity index (χ2n) is 14.2. The number of carbonyl (C=O) groups is 2. The van der Waals surface area contributed by atoms with Crippen LogP contribution in [0.5, 0.6) is 0 Å². The molecule has 0 radical (unpaired) electrons. The molecule has 9 atom stereocenters. The van der Waals surface area contributed by atoms with Crippen LogP contribution in [0.15, 0.2) is 30.3 Å². The Balaban J connectivity index is 1.25. The number of benzene rings is 1. The molecule has 0 N–H and O–H groups in total. The monoisotopic (exact) mass is 506 g/mol. The zero-order chi connectivity index (χ0) is 26.4. The van der Waals surface area contributed by atoms with Gasteiger partial charge in [-0.25, -0.2) is 4.79 Å². The van der Waals surface area contributed by atoms with Crippen LogP contribution < -0.4 is 0 Å². The van der Waals surface area contributed by atoms with Gasteiger partial charge in [-0.1, -0.05) is 65.7 Å². The molecule has 0 spiro atoms. The van der Waals surface area contributed by atoms with Crippen LogP contribution in [0.2, 0.25) is 0 Å². The van der Waals surface area contributed by atoms with E-state index in [1.165, 1.54) is 51.4 Å². The Labute approximate surface area is 225 Å². The van der Waals surface area contributed by atoms with Crippen LogP contribution in [-0.2, 0) is 9.53 Å². The Kier molecular flexibility index (Phi) is 7.64. The normalized spacial score (nSPS) is 38.9. The molecular weight excluding hydrogens is 456 g/mol. The fourth-order valence-electron chi connectivity index (χ4n) is 9.87. The summed E-state index contributed by atoms with van der Waals surface area (Å²) in [5.74, 6) is 4.10. The molecule has 6 unspecified atom stereocenters. The molecule has 0 saturated heterocycles. The molecule has 3 heteroatoms. The number of rotatable bonds is 7. The Hall–Kier alpha value is -1.64. The van der Waals surface area contributed by atoms with Gasteiger partial charge in [0.1, 0.15) is 11.9 Å². The molecule has 0 amide bonds. The first-order chi connectivity index (χ1) is 17.6. The lowest BCUT2D eigenvalue weighted by Gasteiger charge is -2.60. The molecule has 4 aliphatic carbocycles. The second kappa shape index (κ2) is 10.5. The van der Waals surface area contributed by atoms with Crippen molar-refractivity contribution in [2.24, 2.45) is 52.3 Å². The minimum absolute atomic E-state index is 0.0565. The van der Waals surface area contributed by atoms with Crippen molar-refractivity contribution in [3.63, 3.8) is 0 Å². The van der Waals surface area contributed by atoms with E-state index in [9.17, 15) is 9.59 Å². The SMILES string of the molecule is CC(CC[C@@H](OC(=O)c1ccccc1)C(C)C)C1CCC2C3C(=O)CC4CCCC[C@]4(C)C3CC[C@]12C. The first kappa shape index (κ1) is 26.9. The lowest BCUT2D eigenvalue weighted by atomic mass is 9.44. The van der Waals surface area contributed by atoms with Crippen LogP contribution in [0, 0.1) is 52.3 Å². The van der Waals surface area contributed by atoms with Crippen molar-refractivity contribution < 1.29 is 14.3 Å². The number of Topliss-reactive ketones (excluding diaryl/α,β-unsaturated/α-hetero) is 1. The Morgan fingerprint density at radius 3 is 2.38 bits per heavy atom. The summed E-state index contributed by atoms with van der Waals surface area (Å²) in [7, 11) is 0. The number of ether oxygens (including phenoxy) is 1. The van der Waals surface area contributed by atoms with Gasteiger partial charge in [0.25, 0.3) is 0 Å². The van der Waals surface area contributed by atoms with Crippen molar-refractivity contribution >= 4 is 11.8 Å². The van der Waals surface area contributed by atoms with Gasteiger partial charge in [-0.3, -0.25) is 4.79 Å². The molecule has 0 aromatic heterocycles. The first-order valence-electron chi connectivity index (χ1n) is 15.4. The molecule has 4 saturated carbocycles. The fraction of sp³-hybridized carbons (Fsp3) is 0.765. The maximum Gasteiger partial charge on any atom is 0.338 e. The Bertz CT molecular complexity index is 969. The van der Waals surface area contributed by atoms with Crippen LogP contribution in [0.3, 0.4) is 0 Å². The summed E-state index contributed by atoms with van der Waals surface area (Å²) in [5, 5.41) is 0. The number of fused-ring (bicyclic) bond motifs is 5. The third-order valence-electron chi connectivity index (χ3n) is 12.1. The van der Waals surface area contributed by atoms with Crippen molar-refractivity contribution in [3.8, 4) is 0 Å². The quantitative estimate of drug-likeness (QED) is 0.348. The van der Waals surface area contributed by atoms with E-state index in [0.717, 1.165) is 19.3 Å². The molecule has 5 rings (SSSR count). The highest BCUT2D eigenvalue weighted by Gasteiger charge is 2.62. The largest absolute Gasteiger partial charge is 0.459 e. The zero-order valence-corrected chi connectivity index (χ0v) is 24.0. The van der Waals surface area contributed by atoms with Crippen molar-refractivity contribution in [3.05, 3.63) is 35.9 Å². The number of esters is 1. The maximum absolute atomic E-state index is 13.6. The average Bonchev–Trinajstić information content (AvgIpc) is 3.24. The average molecular weight is 507 g/mol. The number of carbonyl (C=O) groups excluding carboxylic acids is 2. The van der Waals surface area contributed by atoms with Gasteiger partial charge in [0.05, 0.1) is 5.56 Å². The van der Waals surface area contributed by atoms with E-state index in [1.807, 2.05) is 30.3 Å². The van der Waals surface area contributed by atoms with Gasteiger partial charge in [0, 0.05) is 12.3 Å². The first-order valence-corrected chi connectivity index (χ1v) is 15.4. The van der Waals surface area contributed by atoms with Crippen molar-refractivity contribution in [1.29, 1.82) is 0 Å². The molecule has 4 aliphatic rings. The minimum Gasteiger partial charge on any atom is -0.459 e. The summed E-state index contributed by atoms with van der Waals surface area (Å²) < 4.78 is 6.01. The summed E-state index contributed by atoms with van der Waals surface area (Å²) in [6.45, 7) is 11.9. The zero-order valence-electron chi connectivity index (χ0n) is 24.0. The molecule has 1 aromatic carbocycles. The van der Waals surface area contributed by atoms with E-state index >= 15 is 0 Å². The number of hydrogen-bond donors (Lipinski definition) is 0. The molecule has 3 nitrogen and oxygen atoms in total. The highest BCUT2D eigenvalue weighted by atomic mass is 16.5. The predicted octanol–water partition coefficient (Wildman–Crippen LogP) is 8.51. The van der Waals surface area contributed by atoms with Gasteiger partial charge in [-0.15, -0.1) is 0 Å². The molecule has 1 aromatic rings. The standard InChI is InChI=1S/C34H50O3/c1-22(2)30(37-32(36)24-11-7-6-8-12-24)17-14-23(3)26-15-16-27-31-28(18-20-34(26,27)5)33(4)19-10-9-13-25(33)21-29(31)35/h6-8,11-12,22-23,25-28,30-31H,9-10,13-21H2,1-5H3/t23?,25?,26?,27?,28?,30-,31?,33+,34-/m1/s1. The van der Waals surface area contributed by atoms with Crippen LogP contribution in [0.25, 0.3) is 0 Å². The number of hydrogen-bond acceptors (Lipinski definition) is 3. The maximum atomic E-state index is 13.6. The van der Waals surface area contributed by atoms with E-state index < -0.39 is 0 Å². The predicted molar refractivity (Wildman–Crippen MR) is 149 cm³/mol. The van der Waals surface area contributed by atoms with Gasteiger partial charge in [0.15, 0.2) is 0 Å². The van der Waals surface area contributed by atoms with Crippen LogP contribution >= 0.6 is 0 Å². The molecule has 4 fully saturated rings. The third-order valence-corrected chi connectivity index (χ3v) is 12.1. The Morgan fingerprint density at radius 1 is 0.919 bits per heavy atom. The van der Waals surface area contributed by atoms with Crippen LogP contribution in [-0.4, -0.2) is 17.9 Å². The smallest absolute Gasteiger partial charge is 0.338 e. The molecule has 37 heavy (non-hydrogen) atoms. The highest BCUT2D eigenvalue weighted by Crippen LogP contribution is 2.67. The highest BCUT2D eigenvalue weighted by molar-refractivity contribution is 5.89.